The monoisotopic (exact) mass is 468 g/mol. The number of fused-ring (bicyclic) bond motifs is 1. The van der Waals surface area contributed by atoms with E-state index in [1.165, 1.54) is 0 Å². The Morgan fingerprint density at radius 1 is 1.18 bits per heavy atom. The molecule has 0 aromatic heterocycles. The van der Waals surface area contributed by atoms with E-state index >= 15 is 0 Å². The van der Waals surface area contributed by atoms with Crippen molar-refractivity contribution in [1.29, 1.82) is 0 Å². The summed E-state index contributed by atoms with van der Waals surface area (Å²) in [6.45, 7) is 0. The van der Waals surface area contributed by atoms with E-state index in [4.69, 9.17) is 35.5 Å². The van der Waals surface area contributed by atoms with Gasteiger partial charge in [0, 0.05) is 5.56 Å². The van der Waals surface area contributed by atoms with Gasteiger partial charge in [-0.05, 0) is 6.07 Å². The van der Waals surface area contributed by atoms with Gasteiger partial charge < -0.3 is 33.0 Å². The standard InChI is InChI=1S/C8H5ClO2.O4Si.Pb/c9-7-5-3-1-2-4-6(5)8(10)11-7;1-5(2,3)4;/h1-4,7H;;/q;-4;+4. The molecule has 0 bridgehead atoms. The SMILES string of the molecule is O=C1OC(Cl)c2ccccc21.[O-][Si]([O-])([O-])[O-].[Pb+4]. The van der Waals surface area contributed by atoms with Crippen LogP contribution in [0.2, 0.25) is 0 Å². The van der Waals surface area contributed by atoms with Crippen LogP contribution in [0.3, 0.4) is 0 Å². The Kier molecular flexibility index (Phi) is 6.76. The van der Waals surface area contributed by atoms with E-state index in [-0.39, 0.29) is 33.3 Å². The maximum atomic E-state index is 11.0. The van der Waals surface area contributed by atoms with Crippen LogP contribution in [-0.2, 0) is 4.74 Å². The molecule has 1 aliphatic rings. The minimum Gasteiger partial charge on any atom is -0.894 e. The van der Waals surface area contributed by atoms with E-state index in [9.17, 15) is 4.79 Å². The number of hydrogen-bond acceptors (Lipinski definition) is 6. The number of alkyl halides is 1. The fourth-order valence-electron chi connectivity index (χ4n) is 1.10. The fraction of sp³-hybridized carbons (Fsp3) is 0.125. The molecule has 9 heteroatoms. The van der Waals surface area contributed by atoms with E-state index in [0.29, 0.717) is 5.56 Å². The number of halogens is 1. The first-order valence-electron chi connectivity index (χ1n) is 4.04. The van der Waals surface area contributed by atoms with Gasteiger partial charge in [-0.15, -0.1) is 0 Å². The number of hydrogen-bond donors (Lipinski definition) is 0. The maximum absolute atomic E-state index is 11.0. The molecule has 0 fully saturated rings. The van der Waals surface area contributed by atoms with Gasteiger partial charge in [0.15, 0.2) is 0 Å². The normalized spacial score (nSPS) is 17.2. The number of carbonyl (C=O) groups is 1. The number of benzene rings is 1. The van der Waals surface area contributed by atoms with Crippen molar-refractivity contribution in [2.45, 2.75) is 5.56 Å². The minimum absolute atomic E-state index is 0. The second-order valence-electron chi connectivity index (χ2n) is 2.81. The Hall–Kier alpha value is -0.0410. The van der Waals surface area contributed by atoms with Gasteiger partial charge in [0.2, 0.25) is 5.56 Å². The van der Waals surface area contributed by atoms with Crippen LogP contribution < -0.4 is 19.2 Å². The Balaban J connectivity index is 0.000000373. The van der Waals surface area contributed by atoms with Crippen LogP contribution >= 0.6 is 11.6 Å². The largest absolute Gasteiger partial charge is 4.00 e. The predicted molar refractivity (Wildman–Crippen MR) is 52.0 cm³/mol. The number of carbonyl (C=O) groups excluding carboxylic acids is 1. The molecule has 0 spiro atoms. The van der Waals surface area contributed by atoms with Crippen LogP contribution in [0.5, 0.6) is 0 Å². The molecule has 1 aliphatic heterocycles. The Morgan fingerprint density at radius 2 is 1.65 bits per heavy atom. The second kappa shape index (κ2) is 6.77. The molecule has 88 valence electrons. The minimum atomic E-state index is -5.61. The first-order chi connectivity index (χ1) is 7.29. The third kappa shape index (κ3) is 5.90. The smallest absolute Gasteiger partial charge is 0.894 e. The summed E-state index contributed by atoms with van der Waals surface area (Å²) in [7, 11) is -5.61. The van der Waals surface area contributed by atoms with Crippen LogP contribution in [0, 0.1) is 0 Å². The number of ether oxygens (including phenoxy) is 1. The van der Waals surface area contributed by atoms with Gasteiger partial charge in [-0.1, -0.05) is 29.8 Å². The van der Waals surface area contributed by atoms with Gasteiger partial charge in [0.05, 0.1) is 5.56 Å². The zero-order valence-electron chi connectivity index (χ0n) is 8.21. The van der Waals surface area contributed by atoms with Crippen molar-refractivity contribution in [2.75, 3.05) is 0 Å². The van der Waals surface area contributed by atoms with Gasteiger partial charge in [0.25, 0.3) is 0 Å². The molecule has 1 aromatic rings. The van der Waals surface area contributed by atoms with Crippen molar-refractivity contribution in [3.05, 3.63) is 35.4 Å². The summed E-state index contributed by atoms with van der Waals surface area (Å²) < 4.78 is 4.76. The topological polar surface area (TPSA) is 119 Å². The van der Waals surface area contributed by atoms with Crippen molar-refractivity contribution in [3.8, 4) is 0 Å². The molecule has 6 nitrogen and oxygen atoms in total. The predicted octanol–water partition coefficient (Wildman–Crippen LogP) is -3.42. The molecule has 0 radical (unpaired) electrons. The number of esters is 1. The maximum Gasteiger partial charge on any atom is 4.00 e. The average molecular weight is 468 g/mol. The summed E-state index contributed by atoms with van der Waals surface area (Å²) in [5, 5.41) is 0. The molecular weight excluding hydrogens is 463 g/mol. The molecule has 1 aromatic carbocycles. The van der Waals surface area contributed by atoms with Crippen LogP contribution in [-0.4, -0.2) is 42.3 Å². The van der Waals surface area contributed by atoms with E-state index in [0.717, 1.165) is 5.56 Å². The van der Waals surface area contributed by atoms with E-state index < -0.39 is 14.6 Å². The summed E-state index contributed by atoms with van der Waals surface area (Å²) in [5.74, 6) is -0.333. The molecule has 0 saturated carbocycles. The van der Waals surface area contributed by atoms with Gasteiger partial charge in [-0.2, -0.15) is 0 Å². The zero-order chi connectivity index (χ0) is 12.3. The molecule has 2 rings (SSSR count). The molecule has 17 heavy (non-hydrogen) atoms. The second-order valence-corrected chi connectivity index (χ2v) is 4.20. The van der Waals surface area contributed by atoms with E-state index in [2.05, 4.69) is 0 Å². The third-order valence-corrected chi connectivity index (χ3v) is 1.96. The van der Waals surface area contributed by atoms with Gasteiger partial charge in [0.1, 0.15) is 0 Å². The summed E-state index contributed by atoms with van der Waals surface area (Å²) in [4.78, 5) is 45.3. The van der Waals surface area contributed by atoms with Crippen LogP contribution in [0.4, 0.5) is 0 Å². The molecule has 1 atom stereocenters. The Labute approximate surface area is 123 Å². The summed E-state index contributed by atoms with van der Waals surface area (Å²) in [6.07, 6.45) is 0. The van der Waals surface area contributed by atoms with E-state index in [1.807, 2.05) is 6.07 Å². The fourth-order valence-corrected chi connectivity index (χ4v) is 1.37. The average Bonchev–Trinajstić information content (AvgIpc) is 2.41. The first-order valence-corrected chi connectivity index (χ1v) is 6.11. The molecule has 0 N–H and O–H groups in total. The number of cyclic esters (lactones) is 1. The van der Waals surface area contributed by atoms with Crippen molar-refractivity contribution in [2.24, 2.45) is 0 Å². The van der Waals surface area contributed by atoms with Gasteiger partial charge in [-0.3, -0.25) is 0 Å². The van der Waals surface area contributed by atoms with Crippen molar-refractivity contribution in [1.82, 2.24) is 0 Å². The third-order valence-electron chi connectivity index (χ3n) is 1.64. The molecule has 0 amide bonds. The molecule has 1 unspecified atom stereocenters. The van der Waals surface area contributed by atoms with Crippen LogP contribution in [0.1, 0.15) is 21.5 Å². The number of rotatable bonds is 0. The zero-order valence-corrected chi connectivity index (χ0v) is 13.9. The Bertz CT molecular complexity index is 390. The van der Waals surface area contributed by atoms with Gasteiger partial charge in [-0.25, -0.2) is 4.79 Å². The molecule has 1 heterocycles. The molecule has 0 aliphatic carbocycles. The summed E-state index contributed by atoms with van der Waals surface area (Å²) in [6, 6.07) is 7.11. The van der Waals surface area contributed by atoms with Crippen LogP contribution in [0.15, 0.2) is 24.3 Å². The quantitative estimate of drug-likeness (QED) is 0.223. The molecular formula is C8H5ClO6PbSi. The van der Waals surface area contributed by atoms with Crippen molar-refractivity contribution in [3.63, 3.8) is 0 Å². The van der Waals surface area contributed by atoms with Crippen LogP contribution in [0.25, 0.3) is 0 Å². The summed E-state index contributed by atoms with van der Waals surface area (Å²) >= 11 is 5.69. The van der Waals surface area contributed by atoms with E-state index in [1.54, 1.807) is 18.2 Å². The van der Waals surface area contributed by atoms with Crippen molar-refractivity contribution < 1.29 is 28.7 Å². The van der Waals surface area contributed by atoms with Crippen molar-refractivity contribution >= 4 is 53.9 Å². The summed E-state index contributed by atoms with van der Waals surface area (Å²) in [5.41, 5.74) is 0.741. The molecule has 0 saturated heterocycles. The van der Waals surface area contributed by atoms with Gasteiger partial charge >= 0.3 is 33.3 Å². The Morgan fingerprint density at radius 3 is 2.12 bits per heavy atom. The first kappa shape index (κ1) is 17.0.